The van der Waals surface area contributed by atoms with Gasteiger partial charge < -0.3 is 16.4 Å². The molecule has 0 radical (unpaired) electrons. The van der Waals surface area contributed by atoms with Crippen LogP contribution in [0.2, 0.25) is 10.0 Å². The highest BCUT2D eigenvalue weighted by Gasteiger charge is 2.16. The van der Waals surface area contributed by atoms with Crippen LogP contribution in [0.15, 0.2) is 18.2 Å². The minimum atomic E-state index is -0.338. The third-order valence-electron chi connectivity index (χ3n) is 2.25. The van der Waals surface area contributed by atoms with E-state index in [9.17, 15) is 4.79 Å². The molecule has 1 amide bonds. The van der Waals surface area contributed by atoms with E-state index in [1.165, 1.54) is 11.3 Å². The lowest BCUT2D eigenvalue weighted by Gasteiger charge is -2.05. The largest absolute Gasteiger partial charge is 0.382 e. The maximum Gasteiger partial charge on any atom is 0.269 e. The molecule has 4 N–H and O–H groups in total. The standard InChI is InChI=1S/C11H10Cl2N4OS/c1-15-11-17-9(14)8(19-11)10(18)16-5-2-3-6(12)7(13)4-5/h2-4H,14H2,1H3,(H,15,17)(H,16,18). The molecule has 0 fully saturated rings. The maximum atomic E-state index is 12.0. The highest BCUT2D eigenvalue weighted by Crippen LogP contribution is 2.28. The number of nitrogens with one attached hydrogen (secondary N) is 2. The van der Waals surface area contributed by atoms with E-state index in [0.717, 1.165) is 0 Å². The van der Waals surface area contributed by atoms with Crippen molar-refractivity contribution in [2.24, 2.45) is 0 Å². The summed E-state index contributed by atoms with van der Waals surface area (Å²) in [6, 6.07) is 4.83. The molecule has 0 aliphatic rings. The summed E-state index contributed by atoms with van der Waals surface area (Å²) in [5.41, 5.74) is 6.22. The van der Waals surface area contributed by atoms with Crippen LogP contribution in [0.25, 0.3) is 0 Å². The molecular weight excluding hydrogens is 307 g/mol. The lowest BCUT2D eigenvalue weighted by molar-refractivity contribution is 0.103. The maximum absolute atomic E-state index is 12.0. The number of hydrogen-bond acceptors (Lipinski definition) is 5. The molecule has 0 unspecified atom stereocenters. The van der Waals surface area contributed by atoms with E-state index >= 15 is 0 Å². The van der Waals surface area contributed by atoms with Gasteiger partial charge in [-0.15, -0.1) is 0 Å². The Labute approximate surface area is 123 Å². The molecule has 0 spiro atoms. The number of amides is 1. The first-order valence-electron chi connectivity index (χ1n) is 5.21. The van der Waals surface area contributed by atoms with Crippen LogP contribution in [0.3, 0.4) is 0 Å². The SMILES string of the molecule is CNc1nc(N)c(C(=O)Nc2ccc(Cl)c(Cl)c2)s1. The molecule has 100 valence electrons. The van der Waals surface area contributed by atoms with Gasteiger partial charge in [0.15, 0.2) is 5.13 Å². The van der Waals surface area contributed by atoms with Gasteiger partial charge >= 0.3 is 0 Å². The number of hydrogen-bond donors (Lipinski definition) is 3. The predicted octanol–water partition coefficient (Wildman–Crippen LogP) is 3.33. The van der Waals surface area contributed by atoms with Crippen LogP contribution in [-0.4, -0.2) is 17.9 Å². The minimum absolute atomic E-state index is 0.187. The van der Waals surface area contributed by atoms with Gasteiger partial charge in [-0.2, -0.15) is 0 Å². The van der Waals surface area contributed by atoms with Gasteiger partial charge in [0.1, 0.15) is 10.7 Å². The van der Waals surface area contributed by atoms with Gasteiger partial charge in [0, 0.05) is 12.7 Å². The van der Waals surface area contributed by atoms with Gasteiger partial charge in [0.05, 0.1) is 10.0 Å². The van der Waals surface area contributed by atoms with Crippen LogP contribution < -0.4 is 16.4 Å². The Hall–Kier alpha value is -1.50. The van der Waals surface area contributed by atoms with Gasteiger partial charge in [-0.25, -0.2) is 4.98 Å². The zero-order chi connectivity index (χ0) is 14.0. The number of aromatic nitrogens is 1. The summed E-state index contributed by atoms with van der Waals surface area (Å²) >= 11 is 12.9. The van der Waals surface area contributed by atoms with E-state index in [1.807, 2.05) is 0 Å². The van der Waals surface area contributed by atoms with Crippen molar-refractivity contribution in [3.8, 4) is 0 Å². The molecule has 19 heavy (non-hydrogen) atoms. The van der Waals surface area contributed by atoms with Crippen LogP contribution in [0.5, 0.6) is 0 Å². The van der Waals surface area contributed by atoms with E-state index in [0.29, 0.717) is 25.7 Å². The normalized spacial score (nSPS) is 10.3. The second-order valence-electron chi connectivity index (χ2n) is 3.57. The third kappa shape index (κ3) is 3.09. The van der Waals surface area contributed by atoms with Crippen LogP contribution in [-0.2, 0) is 0 Å². The highest BCUT2D eigenvalue weighted by molar-refractivity contribution is 7.18. The average molecular weight is 317 g/mol. The quantitative estimate of drug-likeness (QED) is 0.811. The molecule has 0 bridgehead atoms. The molecule has 0 saturated heterocycles. The predicted molar refractivity (Wildman–Crippen MR) is 80.5 cm³/mol. The fraction of sp³-hybridized carbons (Fsp3) is 0.0909. The Kier molecular flexibility index (Phi) is 4.14. The van der Waals surface area contributed by atoms with Crippen molar-refractivity contribution in [1.82, 2.24) is 4.98 Å². The Balaban J connectivity index is 2.20. The highest BCUT2D eigenvalue weighted by atomic mass is 35.5. The van der Waals surface area contributed by atoms with E-state index in [2.05, 4.69) is 15.6 Å². The average Bonchev–Trinajstić information content (AvgIpc) is 2.75. The van der Waals surface area contributed by atoms with Gasteiger partial charge in [-0.05, 0) is 18.2 Å². The van der Waals surface area contributed by atoms with E-state index in [-0.39, 0.29) is 11.7 Å². The Morgan fingerprint density at radius 1 is 1.37 bits per heavy atom. The van der Waals surface area contributed by atoms with E-state index in [4.69, 9.17) is 28.9 Å². The summed E-state index contributed by atoms with van der Waals surface area (Å²) in [5, 5.41) is 6.89. The molecule has 0 atom stereocenters. The van der Waals surface area contributed by atoms with Gasteiger partial charge in [-0.1, -0.05) is 34.5 Å². The zero-order valence-electron chi connectivity index (χ0n) is 9.83. The lowest BCUT2D eigenvalue weighted by Crippen LogP contribution is -2.12. The molecule has 2 rings (SSSR count). The second-order valence-corrected chi connectivity index (χ2v) is 5.38. The first-order valence-corrected chi connectivity index (χ1v) is 6.79. The number of nitrogens with two attached hydrogens (primary N) is 1. The van der Waals surface area contributed by atoms with Crippen molar-refractivity contribution in [3.63, 3.8) is 0 Å². The molecule has 5 nitrogen and oxygen atoms in total. The third-order valence-corrected chi connectivity index (χ3v) is 4.08. The van der Waals surface area contributed by atoms with Gasteiger partial charge in [-0.3, -0.25) is 4.79 Å². The summed E-state index contributed by atoms with van der Waals surface area (Å²) < 4.78 is 0. The van der Waals surface area contributed by atoms with Crippen LogP contribution in [0.4, 0.5) is 16.6 Å². The van der Waals surface area contributed by atoms with Crippen molar-refractivity contribution < 1.29 is 4.79 Å². The number of anilines is 3. The fourth-order valence-corrected chi connectivity index (χ4v) is 2.39. The fourth-order valence-electron chi connectivity index (χ4n) is 1.36. The molecule has 0 aliphatic heterocycles. The summed E-state index contributed by atoms with van der Waals surface area (Å²) in [7, 11) is 1.71. The topological polar surface area (TPSA) is 80.0 Å². The van der Waals surface area contributed by atoms with Crippen molar-refractivity contribution >= 4 is 57.1 Å². The number of rotatable bonds is 3. The Morgan fingerprint density at radius 2 is 2.11 bits per heavy atom. The molecule has 1 aromatic carbocycles. The van der Waals surface area contributed by atoms with Crippen molar-refractivity contribution in [3.05, 3.63) is 33.1 Å². The molecule has 2 aromatic rings. The van der Waals surface area contributed by atoms with E-state index < -0.39 is 0 Å². The summed E-state index contributed by atoms with van der Waals surface area (Å²) in [6.45, 7) is 0. The monoisotopic (exact) mass is 316 g/mol. The molecule has 1 aromatic heterocycles. The van der Waals surface area contributed by atoms with Gasteiger partial charge in [0.25, 0.3) is 5.91 Å². The molecule has 0 aliphatic carbocycles. The van der Waals surface area contributed by atoms with Crippen molar-refractivity contribution in [2.75, 3.05) is 23.4 Å². The zero-order valence-corrected chi connectivity index (χ0v) is 12.2. The van der Waals surface area contributed by atoms with Gasteiger partial charge in [0.2, 0.25) is 0 Å². The van der Waals surface area contributed by atoms with E-state index in [1.54, 1.807) is 25.2 Å². The first-order chi connectivity index (χ1) is 9.01. The molecule has 1 heterocycles. The van der Waals surface area contributed by atoms with Crippen molar-refractivity contribution in [2.45, 2.75) is 0 Å². The number of benzene rings is 1. The number of nitrogens with zero attached hydrogens (tertiary/aromatic N) is 1. The van der Waals surface area contributed by atoms with Crippen molar-refractivity contribution in [1.29, 1.82) is 0 Å². The molecular formula is C11H10Cl2N4OS. The summed E-state index contributed by atoms with van der Waals surface area (Å²) in [5.74, 6) is -0.151. The smallest absolute Gasteiger partial charge is 0.269 e. The van der Waals surface area contributed by atoms with Crippen LogP contribution >= 0.6 is 34.5 Å². The molecule has 8 heteroatoms. The number of nitrogen functional groups attached to an aromatic ring is 1. The Morgan fingerprint density at radius 3 is 2.68 bits per heavy atom. The van der Waals surface area contributed by atoms with Crippen LogP contribution in [0.1, 0.15) is 9.67 Å². The molecule has 0 saturated carbocycles. The summed E-state index contributed by atoms with van der Waals surface area (Å²) in [4.78, 5) is 16.4. The minimum Gasteiger partial charge on any atom is -0.382 e. The van der Waals surface area contributed by atoms with Crippen LogP contribution in [0, 0.1) is 0 Å². The number of halogens is 2. The summed E-state index contributed by atoms with van der Waals surface area (Å²) in [6.07, 6.45) is 0. The number of thiazole rings is 1. The number of carbonyl (C=O) groups is 1. The lowest BCUT2D eigenvalue weighted by atomic mass is 10.3. The second kappa shape index (κ2) is 5.64. The first kappa shape index (κ1) is 13.9. The Bertz CT molecular complexity index is 629. The number of carbonyl (C=O) groups excluding carboxylic acids is 1.